The Balaban J connectivity index is 1.78. The number of aromatic nitrogens is 2. The van der Waals surface area contributed by atoms with Crippen LogP contribution in [0.1, 0.15) is 5.56 Å². The Kier molecular flexibility index (Phi) is 4.86. The molecule has 0 fully saturated rings. The van der Waals surface area contributed by atoms with Crippen molar-refractivity contribution in [1.29, 1.82) is 0 Å². The Morgan fingerprint density at radius 1 is 1.12 bits per heavy atom. The average molecular weight is 330 g/mol. The zero-order chi connectivity index (χ0) is 16.9. The predicted octanol–water partition coefficient (Wildman–Crippen LogP) is 3.86. The van der Waals surface area contributed by atoms with Crippen LogP contribution < -0.4 is 4.74 Å². The number of imidazole rings is 1. The highest BCUT2D eigenvalue weighted by Gasteiger charge is 2.10. The molecule has 0 aliphatic rings. The number of rotatable bonds is 6. The van der Waals surface area contributed by atoms with Crippen LogP contribution >= 0.6 is 0 Å². The fraction of sp³-hybridized carbons (Fsp3) is 0.167. The second kappa shape index (κ2) is 7.23. The Hall–Kier alpha value is -2.73. The van der Waals surface area contributed by atoms with Crippen molar-refractivity contribution in [1.82, 2.24) is 9.55 Å². The minimum absolute atomic E-state index is 0.144. The third-order valence-corrected chi connectivity index (χ3v) is 3.44. The van der Waals surface area contributed by atoms with Crippen molar-refractivity contribution in [2.45, 2.75) is 6.54 Å². The summed E-state index contributed by atoms with van der Waals surface area (Å²) in [5, 5.41) is 0. The maximum absolute atomic E-state index is 13.8. The van der Waals surface area contributed by atoms with Crippen LogP contribution in [0.5, 0.6) is 5.75 Å². The lowest BCUT2D eigenvalue weighted by molar-refractivity contribution is 0.0511. The summed E-state index contributed by atoms with van der Waals surface area (Å²) in [5.41, 5.74) is 1.52. The van der Waals surface area contributed by atoms with Crippen molar-refractivity contribution in [3.8, 4) is 17.0 Å². The molecule has 0 amide bonds. The lowest BCUT2D eigenvalue weighted by Crippen LogP contribution is -2.00. The van der Waals surface area contributed by atoms with E-state index in [1.165, 1.54) is 0 Å². The van der Waals surface area contributed by atoms with E-state index in [9.17, 15) is 8.78 Å². The molecule has 2 aromatic carbocycles. The van der Waals surface area contributed by atoms with Gasteiger partial charge in [0.1, 0.15) is 17.4 Å². The standard InChI is InChI=1S/C18H16F2N2O2/c1-23-12-24-15-4-2-3-13(7-15)9-22-10-18(21-11-22)16-8-14(19)5-6-17(16)20/h2-8,10-11H,9,12H2,1H3. The molecule has 0 atom stereocenters. The number of benzene rings is 2. The summed E-state index contributed by atoms with van der Waals surface area (Å²) in [6.07, 6.45) is 3.27. The molecule has 0 aliphatic heterocycles. The molecule has 0 spiro atoms. The van der Waals surface area contributed by atoms with Crippen molar-refractivity contribution in [3.63, 3.8) is 0 Å². The van der Waals surface area contributed by atoms with Crippen LogP contribution in [0.2, 0.25) is 0 Å². The number of hydrogen-bond acceptors (Lipinski definition) is 3. The molecular weight excluding hydrogens is 314 g/mol. The van der Waals surface area contributed by atoms with Crippen LogP contribution in [-0.2, 0) is 11.3 Å². The summed E-state index contributed by atoms with van der Waals surface area (Å²) in [4.78, 5) is 4.16. The van der Waals surface area contributed by atoms with Crippen molar-refractivity contribution >= 4 is 0 Å². The summed E-state index contributed by atoms with van der Waals surface area (Å²) in [6.45, 7) is 0.714. The van der Waals surface area contributed by atoms with Crippen LogP contribution in [0.25, 0.3) is 11.3 Å². The van der Waals surface area contributed by atoms with Gasteiger partial charge in [0.05, 0.1) is 12.0 Å². The number of nitrogens with zero attached hydrogens (tertiary/aromatic N) is 2. The highest BCUT2D eigenvalue weighted by molar-refractivity contribution is 5.59. The SMILES string of the molecule is COCOc1cccc(Cn2cnc(-c3cc(F)ccc3F)c2)c1. The van der Waals surface area contributed by atoms with Crippen LogP contribution in [0.3, 0.4) is 0 Å². The molecule has 3 rings (SSSR count). The predicted molar refractivity (Wildman–Crippen MR) is 85.6 cm³/mol. The zero-order valence-electron chi connectivity index (χ0n) is 13.1. The first-order valence-corrected chi connectivity index (χ1v) is 7.33. The molecule has 3 aromatic rings. The lowest BCUT2D eigenvalue weighted by atomic mass is 10.1. The Morgan fingerprint density at radius 3 is 2.83 bits per heavy atom. The van der Waals surface area contributed by atoms with Gasteiger partial charge in [-0.2, -0.15) is 0 Å². The molecule has 0 saturated carbocycles. The highest BCUT2D eigenvalue weighted by Crippen LogP contribution is 2.22. The summed E-state index contributed by atoms with van der Waals surface area (Å²) < 4.78 is 39.2. The molecular formula is C18H16F2N2O2. The molecule has 1 aromatic heterocycles. The van der Waals surface area contributed by atoms with Gasteiger partial charge in [0.2, 0.25) is 0 Å². The van der Waals surface area contributed by atoms with Crippen molar-refractivity contribution < 1.29 is 18.3 Å². The van der Waals surface area contributed by atoms with Gasteiger partial charge in [0.25, 0.3) is 0 Å². The highest BCUT2D eigenvalue weighted by atomic mass is 19.1. The smallest absolute Gasteiger partial charge is 0.188 e. The van der Waals surface area contributed by atoms with Crippen LogP contribution in [0, 0.1) is 11.6 Å². The Labute approximate surface area is 138 Å². The Bertz CT molecular complexity index is 833. The summed E-state index contributed by atoms with van der Waals surface area (Å²) >= 11 is 0. The van der Waals surface area contributed by atoms with E-state index in [4.69, 9.17) is 9.47 Å². The maximum Gasteiger partial charge on any atom is 0.188 e. The second-order valence-corrected chi connectivity index (χ2v) is 5.25. The molecule has 0 aliphatic carbocycles. The van der Waals surface area contributed by atoms with Crippen molar-refractivity contribution in [2.24, 2.45) is 0 Å². The third kappa shape index (κ3) is 3.78. The van der Waals surface area contributed by atoms with E-state index in [-0.39, 0.29) is 12.4 Å². The lowest BCUT2D eigenvalue weighted by Gasteiger charge is -2.07. The molecule has 1 heterocycles. The first-order chi connectivity index (χ1) is 11.7. The van der Waals surface area contributed by atoms with Gasteiger partial charge in [0.15, 0.2) is 6.79 Å². The molecule has 0 saturated heterocycles. The number of ether oxygens (including phenoxy) is 2. The fourth-order valence-electron chi connectivity index (χ4n) is 2.35. The van der Waals surface area contributed by atoms with Crippen LogP contribution in [-0.4, -0.2) is 23.5 Å². The molecule has 0 unspecified atom stereocenters. The van der Waals surface area contributed by atoms with E-state index in [0.29, 0.717) is 18.0 Å². The molecule has 24 heavy (non-hydrogen) atoms. The van der Waals surface area contributed by atoms with Crippen molar-refractivity contribution in [2.75, 3.05) is 13.9 Å². The van der Waals surface area contributed by atoms with Crippen LogP contribution in [0.4, 0.5) is 8.78 Å². The molecule has 0 N–H and O–H groups in total. The summed E-state index contributed by atoms with van der Waals surface area (Å²) in [6, 6.07) is 10.9. The zero-order valence-corrected chi connectivity index (χ0v) is 13.1. The monoisotopic (exact) mass is 330 g/mol. The summed E-state index contributed by atoms with van der Waals surface area (Å²) in [7, 11) is 1.56. The van der Waals surface area contributed by atoms with E-state index in [2.05, 4.69) is 4.98 Å². The molecule has 4 nitrogen and oxygen atoms in total. The minimum Gasteiger partial charge on any atom is -0.468 e. The van der Waals surface area contributed by atoms with E-state index >= 15 is 0 Å². The summed E-state index contributed by atoms with van der Waals surface area (Å²) in [5.74, 6) is -0.300. The fourth-order valence-corrected chi connectivity index (χ4v) is 2.35. The minimum atomic E-state index is -0.503. The number of hydrogen-bond donors (Lipinski definition) is 0. The Morgan fingerprint density at radius 2 is 2.00 bits per heavy atom. The normalized spacial score (nSPS) is 10.8. The first-order valence-electron chi connectivity index (χ1n) is 7.33. The van der Waals surface area contributed by atoms with Gasteiger partial charge in [-0.1, -0.05) is 12.1 Å². The van der Waals surface area contributed by atoms with Gasteiger partial charge in [-0.3, -0.25) is 0 Å². The average Bonchev–Trinajstić information content (AvgIpc) is 3.04. The molecule has 124 valence electrons. The van der Waals surface area contributed by atoms with Gasteiger partial charge in [-0.05, 0) is 35.9 Å². The van der Waals surface area contributed by atoms with E-state index < -0.39 is 11.6 Å². The third-order valence-electron chi connectivity index (χ3n) is 3.44. The topological polar surface area (TPSA) is 36.3 Å². The van der Waals surface area contributed by atoms with Gasteiger partial charge in [-0.25, -0.2) is 13.8 Å². The second-order valence-electron chi connectivity index (χ2n) is 5.25. The van der Waals surface area contributed by atoms with Crippen molar-refractivity contribution in [3.05, 3.63) is 72.2 Å². The molecule has 0 bridgehead atoms. The van der Waals surface area contributed by atoms with Gasteiger partial charge in [-0.15, -0.1) is 0 Å². The van der Waals surface area contributed by atoms with Gasteiger partial charge < -0.3 is 14.0 Å². The molecule has 0 radical (unpaired) electrons. The number of halogens is 2. The van der Waals surface area contributed by atoms with E-state index in [0.717, 1.165) is 23.8 Å². The quantitative estimate of drug-likeness (QED) is 0.644. The van der Waals surface area contributed by atoms with Crippen LogP contribution in [0.15, 0.2) is 55.0 Å². The van der Waals surface area contributed by atoms with E-state index in [1.54, 1.807) is 24.2 Å². The van der Waals surface area contributed by atoms with Gasteiger partial charge in [0, 0.05) is 25.4 Å². The number of methoxy groups -OCH3 is 1. The maximum atomic E-state index is 13.8. The van der Waals surface area contributed by atoms with E-state index in [1.807, 2.05) is 24.3 Å². The largest absolute Gasteiger partial charge is 0.468 e. The first kappa shape index (κ1) is 16.1. The van der Waals surface area contributed by atoms with Gasteiger partial charge >= 0.3 is 0 Å². The molecule has 6 heteroatoms.